The molecule has 2 aliphatic heterocycles. The van der Waals surface area contributed by atoms with Crippen LogP contribution in [0.3, 0.4) is 0 Å². The number of hydrogen-bond acceptors (Lipinski definition) is 6. The number of nitriles is 1. The highest BCUT2D eigenvalue weighted by Gasteiger charge is 2.35. The summed E-state index contributed by atoms with van der Waals surface area (Å²) >= 11 is 0. The zero-order chi connectivity index (χ0) is 26.3. The van der Waals surface area contributed by atoms with Crippen molar-refractivity contribution in [3.8, 4) is 6.07 Å². The third-order valence-electron chi connectivity index (χ3n) is 8.14. The van der Waals surface area contributed by atoms with Crippen molar-refractivity contribution in [2.75, 3.05) is 31.1 Å². The van der Waals surface area contributed by atoms with Gasteiger partial charge >= 0.3 is 6.09 Å². The van der Waals surface area contributed by atoms with Crippen molar-refractivity contribution < 1.29 is 14.6 Å². The average Bonchev–Trinajstić information content (AvgIpc) is 3.34. The molecule has 8 nitrogen and oxygen atoms in total. The number of nitrogens with zero attached hydrogens (tertiary/aromatic N) is 5. The first-order valence-corrected chi connectivity index (χ1v) is 13.2. The van der Waals surface area contributed by atoms with Gasteiger partial charge in [0.15, 0.2) is 5.65 Å². The van der Waals surface area contributed by atoms with Crippen molar-refractivity contribution in [1.29, 1.82) is 5.26 Å². The molecule has 2 aromatic carbocycles. The van der Waals surface area contributed by atoms with Crippen LogP contribution in [0.15, 0.2) is 54.6 Å². The molecular formula is C30H31N5O3. The van der Waals surface area contributed by atoms with E-state index in [0.717, 1.165) is 59.5 Å². The molecule has 0 spiro atoms. The van der Waals surface area contributed by atoms with Crippen LogP contribution >= 0.6 is 0 Å². The average molecular weight is 510 g/mol. The van der Waals surface area contributed by atoms with E-state index in [9.17, 15) is 15.2 Å². The molecule has 194 valence electrons. The molecular weight excluding hydrogens is 478 g/mol. The first-order valence-electron chi connectivity index (χ1n) is 13.2. The predicted molar refractivity (Wildman–Crippen MR) is 145 cm³/mol. The number of imidazole rings is 1. The number of amides is 1. The molecule has 1 amide bonds. The van der Waals surface area contributed by atoms with E-state index in [0.29, 0.717) is 30.7 Å². The predicted octanol–water partition coefficient (Wildman–Crippen LogP) is 4.65. The highest BCUT2D eigenvalue weighted by Crippen LogP contribution is 2.40. The number of carbonyl (C=O) groups excluding carboxylic acids is 1. The number of aliphatic hydroxyl groups excluding tert-OH is 1. The van der Waals surface area contributed by atoms with Crippen LogP contribution in [0.25, 0.3) is 16.7 Å². The monoisotopic (exact) mass is 509 g/mol. The minimum absolute atomic E-state index is 0.105. The van der Waals surface area contributed by atoms with Crippen LogP contribution < -0.4 is 4.90 Å². The molecule has 0 saturated carbocycles. The van der Waals surface area contributed by atoms with Gasteiger partial charge in [0.25, 0.3) is 0 Å². The maximum absolute atomic E-state index is 13.2. The first kappa shape index (κ1) is 24.3. The summed E-state index contributed by atoms with van der Waals surface area (Å²) in [6.45, 7) is 4.90. The van der Waals surface area contributed by atoms with E-state index in [1.165, 1.54) is 0 Å². The second-order valence-corrected chi connectivity index (χ2v) is 10.7. The van der Waals surface area contributed by atoms with Crippen molar-refractivity contribution in [1.82, 2.24) is 14.3 Å². The van der Waals surface area contributed by atoms with Gasteiger partial charge in [0.2, 0.25) is 0 Å². The summed E-state index contributed by atoms with van der Waals surface area (Å²) in [6.07, 6.45) is 1.92. The standard InChI is InChI=1S/C30H31N5O3/c1-30(20-36)12-15-33(16-13-30)28-24-18-34(29(37)38-19-21-7-3-2-4-8-21)14-11-22(24)23(17-31)27-32-25-9-5-6-10-26(25)35(27)28/h2-10,36H,11-16,18-20H2,1H3. The third kappa shape index (κ3) is 4.13. The summed E-state index contributed by atoms with van der Waals surface area (Å²) in [5.74, 6) is 0.989. The highest BCUT2D eigenvalue weighted by molar-refractivity contribution is 5.87. The molecule has 0 radical (unpaired) electrons. The van der Waals surface area contributed by atoms with Crippen LogP contribution in [0.2, 0.25) is 0 Å². The van der Waals surface area contributed by atoms with Crippen molar-refractivity contribution in [3.05, 3.63) is 76.9 Å². The van der Waals surface area contributed by atoms with Gasteiger partial charge in [-0.15, -0.1) is 0 Å². The van der Waals surface area contributed by atoms with Gasteiger partial charge in [0.1, 0.15) is 18.5 Å². The van der Waals surface area contributed by atoms with Crippen LogP contribution in [-0.4, -0.2) is 51.7 Å². The fourth-order valence-corrected chi connectivity index (χ4v) is 5.76. The summed E-state index contributed by atoms with van der Waals surface area (Å²) in [5.41, 5.74) is 5.80. The summed E-state index contributed by atoms with van der Waals surface area (Å²) in [5, 5.41) is 20.2. The van der Waals surface area contributed by atoms with Gasteiger partial charge in [0.05, 0.1) is 23.1 Å². The number of ether oxygens (including phenoxy) is 1. The Hall–Kier alpha value is -4.09. The molecule has 0 aliphatic carbocycles. The lowest BCUT2D eigenvalue weighted by Gasteiger charge is -2.41. The second-order valence-electron chi connectivity index (χ2n) is 10.7. The fraction of sp³-hybridized carbons (Fsp3) is 0.367. The largest absolute Gasteiger partial charge is 0.445 e. The zero-order valence-electron chi connectivity index (χ0n) is 21.6. The van der Waals surface area contributed by atoms with Gasteiger partial charge in [0, 0.05) is 31.8 Å². The number of aliphatic hydroxyl groups is 1. The fourth-order valence-electron chi connectivity index (χ4n) is 5.76. The first-order chi connectivity index (χ1) is 18.5. The smallest absolute Gasteiger partial charge is 0.410 e. The molecule has 8 heteroatoms. The van der Waals surface area contributed by atoms with E-state index in [1.54, 1.807) is 4.90 Å². The number of fused-ring (bicyclic) bond motifs is 4. The minimum Gasteiger partial charge on any atom is -0.445 e. The maximum atomic E-state index is 13.2. The van der Waals surface area contributed by atoms with Gasteiger partial charge in [-0.1, -0.05) is 49.4 Å². The van der Waals surface area contributed by atoms with Crippen molar-refractivity contribution in [3.63, 3.8) is 0 Å². The lowest BCUT2D eigenvalue weighted by Crippen LogP contribution is -2.43. The van der Waals surface area contributed by atoms with Gasteiger partial charge in [-0.3, -0.25) is 4.40 Å². The molecule has 38 heavy (non-hydrogen) atoms. The van der Waals surface area contributed by atoms with Crippen LogP contribution in [0.5, 0.6) is 0 Å². The minimum atomic E-state index is -0.356. The SMILES string of the molecule is CC1(CO)CCN(c2c3c(c(C#N)c4nc5ccccc5n24)CCN(C(=O)OCc2ccccc2)C3)CC1. The van der Waals surface area contributed by atoms with Gasteiger partial charge in [-0.25, -0.2) is 9.78 Å². The van der Waals surface area contributed by atoms with Crippen molar-refractivity contribution in [2.24, 2.45) is 5.41 Å². The Kier molecular flexibility index (Phi) is 6.16. The number of pyridine rings is 1. The lowest BCUT2D eigenvalue weighted by molar-refractivity contribution is 0.0917. The molecule has 6 rings (SSSR count). The second kappa shape index (κ2) is 9.66. The topological polar surface area (TPSA) is 94.1 Å². The number of para-hydroxylation sites is 2. The Labute approximate surface area is 221 Å². The van der Waals surface area contributed by atoms with Crippen molar-refractivity contribution >= 4 is 28.6 Å². The zero-order valence-corrected chi connectivity index (χ0v) is 21.6. The molecule has 0 atom stereocenters. The number of benzene rings is 2. The van der Waals surface area contributed by atoms with E-state index in [4.69, 9.17) is 9.72 Å². The maximum Gasteiger partial charge on any atom is 0.410 e. The molecule has 1 N–H and O–H groups in total. The summed E-state index contributed by atoms with van der Waals surface area (Å²) in [7, 11) is 0. The Bertz CT molecular complexity index is 1550. The van der Waals surface area contributed by atoms with E-state index in [2.05, 4.69) is 22.3 Å². The Morgan fingerprint density at radius 2 is 1.82 bits per heavy atom. The molecule has 4 aromatic rings. The van der Waals surface area contributed by atoms with Crippen molar-refractivity contribution in [2.45, 2.75) is 39.3 Å². The van der Waals surface area contributed by atoms with Gasteiger partial charge < -0.3 is 19.6 Å². The molecule has 4 heterocycles. The number of carbonyl (C=O) groups is 1. The summed E-state index contributed by atoms with van der Waals surface area (Å²) < 4.78 is 7.77. The molecule has 0 unspecified atom stereocenters. The number of piperidine rings is 1. The van der Waals surface area contributed by atoms with E-state index in [-0.39, 0.29) is 24.7 Å². The van der Waals surface area contributed by atoms with Crippen LogP contribution in [-0.2, 0) is 24.3 Å². The van der Waals surface area contributed by atoms with Crippen LogP contribution in [0.4, 0.5) is 10.6 Å². The molecule has 2 aromatic heterocycles. The molecule has 2 aliphatic rings. The summed E-state index contributed by atoms with van der Waals surface area (Å²) in [4.78, 5) is 22.1. The van der Waals surface area contributed by atoms with Crippen LogP contribution in [0, 0.1) is 16.7 Å². The highest BCUT2D eigenvalue weighted by atomic mass is 16.6. The van der Waals surface area contributed by atoms with Gasteiger partial charge in [-0.05, 0) is 47.9 Å². The van der Waals surface area contributed by atoms with Gasteiger partial charge in [-0.2, -0.15) is 5.26 Å². The number of rotatable bonds is 4. The number of anilines is 1. The summed E-state index contributed by atoms with van der Waals surface area (Å²) in [6, 6.07) is 20.0. The van der Waals surface area contributed by atoms with Crippen LogP contribution in [0.1, 0.15) is 42.0 Å². The molecule has 1 fully saturated rings. The van der Waals surface area contributed by atoms with E-state index >= 15 is 0 Å². The molecule has 0 bridgehead atoms. The quantitative estimate of drug-likeness (QED) is 0.430. The normalized spacial score (nSPS) is 16.9. The lowest BCUT2D eigenvalue weighted by atomic mass is 9.81. The number of aromatic nitrogens is 2. The van der Waals surface area contributed by atoms with E-state index in [1.807, 2.05) is 54.6 Å². The Balaban J connectivity index is 1.43. The Morgan fingerprint density at radius 3 is 2.55 bits per heavy atom. The van der Waals surface area contributed by atoms with E-state index < -0.39 is 0 Å². The Morgan fingerprint density at radius 1 is 1.08 bits per heavy atom. The molecule has 1 saturated heterocycles. The number of hydrogen-bond donors (Lipinski definition) is 1. The third-order valence-corrected chi connectivity index (χ3v) is 8.14.